The monoisotopic (exact) mass is 331 g/mol. The van der Waals surface area contributed by atoms with Gasteiger partial charge in [-0.15, -0.1) is 0 Å². The molecule has 3 heterocycles. The summed E-state index contributed by atoms with van der Waals surface area (Å²) in [4.78, 5) is 32.5. The predicted octanol–water partition coefficient (Wildman–Crippen LogP) is 1.70. The highest BCUT2D eigenvalue weighted by Crippen LogP contribution is 2.31. The second kappa shape index (κ2) is 6.26. The summed E-state index contributed by atoms with van der Waals surface area (Å²) in [6, 6.07) is 3.54. The van der Waals surface area contributed by atoms with E-state index in [-0.39, 0.29) is 24.2 Å². The van der Waals surface area contributed by atoms with Crippen LogP contribution in [0.2, 0.25) is 0 Å². The minimum atomic E-state index is -0.545. The second-order valence-electron chi connectivity index (χ2n) is 5.61. The van der Waals surface area contributed by atoms with Crippen LogP contribution in [0.25, 0.3) is 0 Å². The van der Waals surface area contributed by atoms with E-state index in [0.29, 0.717) is 30.5 Å². The highest BCUT2D eigenvalue weighted by molar-refractivity contribution is 5.94. The number of carbonyl (C=O) groups is 1. The molecule has 0 N–H and O–H groups in total. The Morgan fingerprint density at radius 2 is 2.33 bits per heavy atom. The Labute approximate surface area is 138 Å². The number of hydrogen-bond acceptors (Lipinski definition) is 6. The van der Waals surface area contributed by atoms with Gasteiger partial charge in [-0.2, -0.15) is 0 Å². The molecule has 0 saturated heterocycles. The highest BCUT2D eigenvalue weighted by atomic mass is 16.6. The molecule has 24 heavy (non-hydrogen) atoms. The molecule has 2 aromatic rings. The van der Waals surface area contributed by atoms with Gasteiger partial charge in [-0.05, 0) is 29.0 Å². The van der Waals surface area contributed by atoms with Crippen LogP contribution in [0.5, 0.6) is 5.88 Å². The lowest BCUT2D eigenvalue weighted by molar-refractivity contribution is -0.389. The predicted molar refractivity (Wildman–Crippen MR) is 84.9 cm³/mol. The molecule has 1 amide bonds. The lowest BCUT2D eigenvalue weighted by Gasteiger charge is -2.32. The SMILES string of the molecule is Cc1nc([N+](=O)[O-])cn1CCC(=O)N1CC(C)Oc2ncccc21. The molecule has 0 fully saturated rings. The molecule has 126 valence electrons. The van der Waals surface area contributed by atoms with Crippen LogP contribution < -0.4 is 9.64 Å². The van der Waals surface area contributed by atoms with Crippen LogP contribution in [-0.2, 0) is 11.3 Å². The van der Waals surface area contributed by atoms with Crippen molar-refractivity contribution in [1.29, 1.82) is 0 Å². The van der Waals surface area contributed by atoms with Gasteiger partial charge in [-0.25, -0.2) is 4.98 Å². The van der Waals surface area contributed by atoms with Gasteiger partial charge in [0.2, 0.25) is 17.6 Å². The summed E-state index contributed by atoms with van der Waals surface area (Å²) < 4.78 is 7.24. The van der Waals surface area contributed by atoms with Gasteiger partial charge in [0.05, 0.1) is 6.54 Å². The van der Waals surface area contributed by atoms with Gasteiger partial charge in [-0.1, -0.05) is 0 Å². The van der Waals surface area contributed by atoms with Gasteiger partial charge in [0.1, 0.15) is 18.0 Å². The number of pyridine rings is 1. The molecule has 9 nitrogen and oxygen atoms in total. The molecule has 0 aromatic carbocycles. The first-order valence-corrected chi connectivity index (χ1v) is 7.56. The molecule has 1 aliphatic heterocycles. The Bertz CT molecular complexity index is 788. The zero-order valence-electron chi connectivity index (χ0n) is 13.4. The maximum absolute atomic E-state index is 12.6. The van der Waals surface area contributed by atoms with E-state index in [1.165, 1.54) is 6.20 Å². The molecule has 0 aliphatic carbocycles. The van der Waals surface area contributed by atoms with Crippen molar-refractivity contribution in [2.45, 2.75) is 32.9 Å². The number of anilines is 1. The van der Waals surface area contributed by atoms with Crippen LogP contribution in [-0.4, -0.2) is 38.0 Å². The Morgan fingerprint density at radius 1 is 1.54 bits per heavy atom. The Morgan fingerprint density at radius 3 is 3.04 bits per heavy atom. The molecule has 0 radical (unpaired) electrons. The number of rotatable bonds is 4. The van der Waals surface area contributed by atoms with Crippen LogP contribution in [0.15, 0.2) is 24.5 Å². The summed E-state index contributed by atoms with van der Waals surface area (Å²) in [7, 11) is 0. The smallest absolute Gasteiger partial charge is 0.381 e. The van der Waals surface area contributed by atoms with Crippen LogP contribution in [0.4, 0.5) is 11.5 Å². The number of fused-ring (bicyclic) bond motifs is 1. The molecule has 1 unspecified atom stereocenters. The van der Waals surface area contributed by atoms with Crippen molar-refractivity contribution in [3.8, 4) is 5.88 Å². The molecular weight excluding hydrogens is 314 g/mol. The van der Waals surface area contributed by atoms with Gasteiger partial charge in [0.15, 0.2) is 0 Å². The van der Waals surface area contributed by atoms with Gasteiger partial charge < -0.3 is 24.3 Å². The largest absolute Gasteiger partial charge is 0.471 e. The van der Waals surface area contributed by atoms with E-state index in [2.05, 4.69) is 9.97 Å². The van der Waals surface area contributed by atoms with Crippen molar-refractivity contribution < 1.29 is 14.5 Å². The maximum Gasteiger partial charge on any atom is 0.381 e. The first-order valence-electron chi connectivity index (χ1n) is 7.56. The molecule has 1 aliphatic rings. The number of nitro groups is 1. The number of aromatic nitrogens is 3. The van der Waals surface area contributed by atoms with Gasteiger partial charge in [-0.3, -0.25) is 4.79 Å². The fourth-order valence-electron chi connectivity index (χ4n) is 2.66. The van der Waals surface area contributed by atoms with E-state index < -0.39 is 4.92 Å². The van der Waals surface area contributed by atoms with E-state index in [1.54, 1.807) is 34.7 Å². The van der Waals surface area contributed by atoms with E-state index in [1.807, 2.05) is 6.92 Å². The summed E-state index contributed by atoms with van der Waals surface area (Å²) in [6.45, 7) is 4.32. The minimum absolute atomic E-state index is 0.0878. The van der Waals surface area contributed by atoms with E-state index in [9.17, 15) is 14.9 Å². The Kier molecular flexibility index (Phi) is 4.15. The van der Waals surface area contributed by atoms with E-state index in [0.717, 1.165) is 0 Å². The van der Waals surface area contributed by atoms with Crippen molar-refractivity contribution >= 4 is 17.4 Å². The van der Waals surface area contributed by atoms with Crippen LogP contribution >= 0.6 is 0 Å². The maximum atomic E-state index is 12.6. The van der Waals surface area contributed by atoms with Crippen molar-refractivity contribution in [1.82, 2.24) is 14.5 Å². The number of amides is 1. The third-order valence-electron chi connectivity index (χ3n) is 3.81. The lowest BCUT2D eigenvalue weighted by Crippen LogP contribution is -2.42. The van der Waals surface area contributed by atoms with Crippen LogP contribution in [0.3, 0.4) is 0 Å². The van der Waals surface area contributed by atoms with Crippen molar-refractivity contribution in [2.24, 2.45) is 0 Å². The normalized spacial score (nSPS) is 16.4. The topological polar surface area (TPSA) is 103 Å². The van der Waals surface area contributed by atoms with Crippen LogP contribution in [0, 0.1) is 17.0 Å². The quantitative estimate of drug-likeness (QED) is 0.624. The molecule has 3 rings (SSSR count). The number of carbonyl (C=O) groups excluding carboxylic acids is 1. The standard InChI is InChI=1S/C15H17N5O4/c1-10-8-19(12-4-3-6-16-15(12)24-10)14(21)5-7-18-9-13(20(22)23)17-11(18)2/h3-4,6,9-10H,5,7-8H2,1-2H3. The van der Waals surface area contributed by atoms with E-state index >= 15 is 0 Å². The first-order chi connectivity index (χ1) is 11.5. The molecule has 2 aromatic heterocycles. The van der Waals surface area contributed by atoms with Crippen molar-refractivity contribution in [2.75, 3.05) is 11.4 Å². The third kappa shape index (κ3) is 3.05. The number of aryl methyl sites for hydroxylation is 2. The van der Waals surface area contributed by atoms with Gasteiger partial charge >= 0.3 is 5.82 Å². The molecule has 0 spiro atoms. The van der Waals surface area contributed by atoms with Crippen LogP contribution in [0.1, 0.15) is 19.2 Å². The average Bonchev–Trinajstić information content (AvgIpc) is 2.93. The number of ether oxygens (including phenoxy) is 1. The van der Waals surface area contributed by atoms with Crippen molar-refractivity contribution in [3.05, 3.63) is 40.5 Å². The van der Waals surface area contributed by atoms with Gasteiger partial charge in [0.25, 0.3) is 0 Å². The number of imidazole rings is 1. The lowest BCUT2D eigenvalue weighted by atomic mass is 10.2. The zero-order valence-corrected chi connectivity index (χ0v) is 13.4. The molecule has 0 saturated carbocycles. The molecule has 1 atom stereocenters. The van der Waals surface area contributed by atoms with Gasteiger partial charge in [0, 0.05) is 26.1 Å². The van der Waals surface area contributed by atoms with Crippen molar-refractivity contribution in [3.63, 3.8) is 0 Å². The first kappa shape index (κ1) is 15.9. The Balaban J connectivity index is 1.73. The Hall–Kier alpha value is -2.97. The number of hydrogen-bond donors (Lipinski definition) is 0. The fraction of sp³-hybridized carbons (Fsp3) is 0.400. The minimum Gasteiger partial charge on any atom is -0.471 e. The zero-order chi connectivity index (χ0) is 17.3. The third-order valence-corrected chi connectivity index (χ3v) is 3.81. The second-order valence-corrected chi connectivity index (χ2v) is 5.61. The molecular formula is C15H17N5O4. The summed E-state index contributed by atoms with van der Waals surface area (Å²) in [5.74, 6) is 0.649. The highest BCUT2D eigenvalue weighted by Gasteiger charge is 2.28. The summed E-state index contributed by atoms with van der Waals surface area (Å²) in [5.41, 5.74) is 0.647. The summed E-state index contributed by atoms with van der Waals surface area (Å²) >= 11 is 0. The average molecular weight is 331 g/mol. The summed E-state index contributed by atoms with van der Waals surface area (Å²) in [6.07, 6.45) is 3.02. The van der Waals surface area contributed by atoms with E-state index in [4.69, 9.17) is 4.74 Å². The summed E-state index contributed by atoms with van der Waals surface area (Å²) in [5, 5.41) is 10.8. The molecule has 9 heteroatoms. The fourth-order valence-corrected chi connectivity index (χ4v) is 2.66. The number of nitrogens with zero attached hydrogens (tertiary/aromatic N) is 5. The molecule has 0 bridgehead atoms.